The topological polar surface area (TPSA) is 83.7 Å². The van der Waals surface area contributed by atoms with Gasteiger partial charge in [-0.2, -0.15) is 0 Å². The molecule has 20 heavy (non-hydrogen) atoms. The number of nitro groups is 1. The molecule has 0 spiro atoms. The summed E-state index contributed by atoms with van der Waals surface area (Å²) >= 11 is 0. The number of nitrogens with zero attached hydrogens (tertiary/aromatic N) is 2. The Morgan fingerprint density at radius 3 is 2.65 bits per heavy atom. The normalized spacial score (nSPS) is 28.6. The number of benzene rings is 1. The van der Waals surface area contributed by atoms with E-state index in [0.29, 0.717) is 12.0 Å². The Hall–Kier alpha value is -1.95. The molecule has 3 aliphatic rings. The van der Waals surface area contributed by atoms with Gasteiger partial charge < -0.3 is 5.11 Å². The summed E-state index contributed by atoms with van der Waals surface area (Å²) in [7, 11) is 0. The minimum Gasteiger partial charge on any atom is -0.508 e. The van der Waals surface area contributed by atoms with Gasteiger partial charge in [-0.1, -0.05) is 0 Å². The lowest BCUT2D eigenvalue weighted by molar-refractivity contribution is -0.384. The number of ketones is 1. The van der Waals surface area contributed by atoms with Gasteiger partial charge in [-0.05, 0) is 38.4 Å². The fourth-order valence-electron chi connectivity index (χ4n) is 3.23. The van der Waals surface area contributed by atoms with Gasteiger partial charge in [-0.3, -0.25) is 19.8 Å². The third-order valence-corrected chi connectivity index (χ3v) is 4.39. The zero-order valence-electron chi connectivity index (χ0n) is 11.0. The molecule has 0 saturated carbocycles. The second-order valence-electron chi connectivity index (χ2n) is 5.50. The molecule has 6 heteroatoms. The zero-order chi connectivity index (χ0) is 14.3. The van der Waals surface area contributed by atoms with Crippen LogP contribution in [0.25, 0.3) is 0 Å². The number of phenols is 1. The molecule has 3 fully saturated rings. The SMILES string of the molecule is O=C1C2CCN(CC2)C1Cc1cc([N+](=O)[O-])ccc1O. The van der Waals surface area contributed by atoms with Crippen LogP contribution in [0.5, 0.6) is 5.75 Å². The van der Waals surface area contributed by atoms with Gasteiger partial charge in [0.25, 0.3) is 5.69 Å². The highest BCUT2D eigenvalue weighted by molar-refractivity contribution is 5.88. The largest absolute Gasteiger partial charge is 0.508 e. The number of aromatic hydroxyl groups is 1. The van der Waals surface area contributed by atoms with Crippen LogP contribution >= 0.6 is 0 Å². The van der Waals surface area contributed by atoms with E-state index in [1.165, 1.54) is 18.2 Å². The van der Waals surface area contributed by atoms with Crippen molar-refractivity contribution >= 4 is 11.5 Å². The maximum Gasteiger partial charge on any atom is 0.269 e. The number of fused-ring (bicyclic) bond motifs is 3. The van der Waals surface area contributed by atoms with Crippen molar-refractivity contribution in [2.75, 3.05) is 13.1 Å². The molecule has 1 atom stereocenters. The molecule has 6 nitrogen and oxygen atoms in total. The molecular weight excluding hydrogens is 260 g/mol. The molecule has 1 N–H and O–H groups in total. The van der Waals surface area contributed by atoms with E-state index in [1.54, 1.807) is 0 Å². The number of Topliss-reactive ketones (excluding diaryl/α,β-unsaturated/α-hetero) is 1. The maximum atomic E-state index is 12.3. The van der Waals surface area contributed by atoms with Crippen LogP contribution in [0.3, 0.4) is 0 Å². The molecule has 1 unspecified atom stereocenters. The highest BCUT2D eigenvalue weighted by atomic mass is 16.6. The molecule has 0 radical (unpaired) electrons. The van der Waals surface area contributed by atoms with Crippen LogP contribution in [0.2, 0.25) is 0 Å². The number of carbonyl (C=O) groups excluding carboxylic acids is 1. The lowest BCUT2D eigenvalue weighted by Gasteiger charge is -2.44. The van der Waals surface area contributed by atoms with E-state index in [1.807, 2.05) is 0 Å². The van der Waals surface area contributed by atoms with E-state index in [4.69, 9.17) is 0 Å². The summed E-state index contributed by atoms with van der Waals surface area (Å²) in [5.41, 5.74) is 0.423. The summed E-state index contributed by atoms with van der Waals surface area (Å²) in [5.74, 6) is 0.366. The first-order valence-corrected chi connectivity index (χ1v) is 6.80. The van der Waals surface area contributed by atoms with Gasteiger partial charge in [0.1, 0.15) is 5.75 Å². The first-order chi connectivity index (χ1) is 9.56. The van der Waals surface area contributed by atoms with Crippen LogP contribution in [0, 0.1) is 16.0 Å². The van der Waals surface area contributed by atoms with Gasteiger partial charge in [0, 0.05) is 23.6 Å². The van der Waals surface area contributed by atoms with Crippen LogP contribution < -0.4 is 0 Å². The Kier molecular flexibility index (Phi) is 3.17. The molecular formula is C14H16N2O4. The monoisotopic (exact) mass is 276 g/mol. The fourth-order valence-corrected chi connectivity index (χ4v) is 3.23. The average molecular weight is 276 g/mol. The second-order valence-corrected chi connectivity index (χ2v) is 5.50. The summed E-state index contributed by atoms with van der Waals surface area (Å²) in [5, 5.41) is 20.6. The van der Waals surface area contributed by atoms with E-state index >= 15 is 0 Å². The Bertz CT molecular complexity index is 564. The quantitative estimate of drug-likeness (QED) is 0.668. The van der Waals surface area contributed by atoms with Crippen LogP contribution in [-0.4, -0.2) is 39.8 Å². The van der Waals surface area contributed by atoms with Crippen molar-refractivity contribution in [1.29, 1.82) is 0 Å². The lowest BCUT2D eigenvalue weighted by Crippen LogP contribution is -2.56. The number of rotatable bonds is 3. The van der Waals surface area contributed by atoms with Gasteiger partial charge in [-0.15, -0.1) is 0 Å². The van der Waals surface area contributed by atoms with Gasteiger partial charge in [0.2, 0.25) is 0 Å². The van der Waals surface area contributed by atoms with Crippen molar-refractivity contribution in [3.05, 3.63) is 33.9 Å². The van der Waals surface area contributed by atoms with E-state index in [-0.39, 0.29) is 29.2 Å². The molecule has 106 valence electrons. The lowest BCUT2D eigenvalue weighted by atomic mass is 9.80. The Balaban J connectivity index is 1.85. The van der Waals surface area contributed by atoms with Crippen LogP contribution in [0.1, 0.15) is 18.4 Å². The smallest absolute Gasteiger partial charge is 0.269 e. The van der Waals surface area contributed by atoms with Crippen LogP contribution in [0.15, 0.2) is 18.2 Å². The Labute approximate surface area is 116 Å². The molecule has 3 saturated heterocycles. The Morgan fingerprint density at radius 2 is 2.05 bits per heavy atom. The average Bonchev–Trinajstić information content (AvgIpc) is 2.45. The summed E-state index contributed by atoms with van der Waals surface area (Å²) in [6.45, 7) is 1.80. The van der Waals surface area contributed by atoms with Crippen LogP contribution in [0.4, 0.5) is 5.69 Å². The van der Waals surface area contributed by atoms with Crippen molar-refractivity contribution in [2.24, 2.45) is 5.92 Å². The fraction of sp³-hybridized carbons (Fsp3) is 0.500. The van der Waals surface area contributed by atoms with E-state index in [9.17, 15) is 20.0 Å². The number of piperidine rings is 3. The Morgan fingerprint density at radius 1 is 1.35 bits per heavy atom. The van der Waals surface area contributed by atoms with Crippen molar-refractivity contribution in [1.82, 2.24) is 4.90 Å². The molecule has 1 aromatic rings. The van der Waals surface area contributed by atoms with Crippen molar-refractivity contribution < 1.29 is 14.8 Å². The predicted molar refractivity (Wildman–Crippen MR) is 71.6 cm³/mol. The number of nitro benzene ring substituents is 1. The van der Waals surface area contributed by atoms with E-state index < -0.39 is 4.92 Å². The van der Waals surface area contributed by atoms with E-state index in [0.717, 1.165) is 25.9 Å². The number of carbonyl (C=O) groups is 1. The minimum atomic E-state index is -0.488. The van der Waals surface area contributed by atoms with Crippen molar-refractivity contribution in [3.8, 4) is 5.75 Å². The third kappa shape index (κ3) is 2.16. The van der Waals surface area contributed by atoms with Crippen molar-refractivity contribution in [2.45, 2.75) is 25.3 Å². The number of non-ortho nitro benzene ring substituents is 1. The van der Waals surface area contributed by atoms with Gasteiger partial charge in [0.15, 0.2) is 5.78 Å². The number of phenolic OH excluding ortho intramolecular Hbond substituents is 1. The van der Waals surface area contributed by atoms with Gasteiger partial charge in [0.05, 0.1) is 11.0 Å². The number of hydrogen-bond acceptors (Lipinski definition) is 5. The first-order valence-electron chi connectivity index (χ1n) is 6.80. The molecule has 2 bridgehead atoms. The number of hydrogen-bond donors (Lipinski definition) is 1. The van der Waals surface area contributed by atoms with E-state index in [2.05, 4.69) is 4.90 Å². The highest BCUT2D eigenvalue weighted by Gasteiger charge is 2.41. The molecule has 0 aliphatic carbocycles. The predicted octanol–water partition coefficient (Wildman–Crippen LogP) is 1.51. The van der Waals surface area contributed by atoms with Gasteiger partial charge >= 0.3 is 0 Å². The first kappa shape index (κ1) is 13.1. The molecule has 3 heterocycles. The standard InChI is InChI=1S/C14H16N2O4/c17-13-2-1-11(16(19)20)7-10(13)8-12-14(18)9-3-5-15(12)6-4-9/h1-2,7,9,12,17H,3-6,8H2. The minimum absolute atomic E-state index is 0.0195. The highest BCUT2D eigenvalue weighted by Crippen LogP contribution is 2.33. The second kappa shape index (κ2) is 4.86. The molecule has 4 rings (SSSR count). The van der Waals surface area contributed by atoms with Gasteiger partial charge in [-0.25, -0.2) is 0 Å². The summed E-state index contributed by atoms with van der Waals surface area (Å²) < 4.78 is 0. The summed E-state index contributed by atoms with van der Waals surface area (Å²) in [6, 6.07) is 3.73. The zero-order valence-corrected chi connectivity index (χ0v) is 11.0. The third-order valence-electron chi connectivity index (χ3n) is 4.39. The molecule has 1 aromatic carbocycles. The summed E-state index contributed by atoms with van der Waals surface area (Å²) in [4.78, 5) is 24.7. The molecule has 3 aliphatic heterocycles. The molecule has 0 aromatic heterocycles. The summed E-state index contributed by atoms with van der Waals surface area (Å²) in [6.07, 6.45) is 2.18. The van der Waals surface area contributed by atoms with Crippen LogP contribution in [-0.2, 0) is 11.2 Å². The molecule has 0 amide bonds. The maximum absolute atomic E-state index is 12.3. The van der Waals surface area contributed by atoms with Crippen molar-refractivity contribution in [3.63, 3.8) is 0 Å².